The monoisotopic (exact) mass is 317 g/mol. The minimum atomic E-state index is -4.38. The highest BCUT2D eigenvalue weighted by Gasteiger charge is 2.31. The number of rotatable bonds is 4. The van der Waals surface area contributed by atoms with Crippen LogP contribution in [-0.4, -0.2) is 43.7 Å². The maximum Gasteiger partial charge on any atom is 0.416 e. The number of hydrogen-bond donors (Lipinski definition) is 0. The molecule has 1 heterocycles. The van der Waals surface area contributed by atoms with Crippen LogP contribution in [0.2, 0.25) is 0 Å². The molecule has 122 valence electrons. The molecule has 0 unspecified atom stereocenters. The Kier molecular flexibility index (Phi) is 5.28. The molecule has 0 bridgehead atoms. The first-order valence-electron chi connectivity index (χ1n) is 7.01. The Labute approximate surface area is 126 Å². The lowest BCUT2D eigenvalue weighted by molar-refractivity contribution is -0.138. The zero-order valence-corrected chi connectivity index (χ0v) is 12.2. The van der Waals surface area contributed by atoms with E-state index in [1.54, 1.807) is 4.90 Å². The summed E-state index contributed by atoms with van der Waals surface area (Å²) in [6.45, 7) is 1.08. The number of hydrogen-bond acceptors (Lipinski definition) is 3. The van der Waals surface area contributed by atoms with E-state index in [4.69, 9.17) is 9.47 Å². The lowest BCUT2D eigenvalue weighted by Crippen LogP contribution is -2.43. The number of carbonyl (C=O) groups is 1. The molecule has 0 saturated carbocycles. The molecule has 0 atom stereocenters. The lowest BCUT2D eigenvalue weighted by Gasteiger charge is -2.32. The van der Waals surface area contributed by atoms with Gasteiger partial charge < -0.3 is 14.4 Å². The van der Waals surface area contributed by atoms with E-state index in [1.807, 2.05) is 0 Å². The average Bonchev–Trinajstić information content (AvgIpc) is 2.48. The Morgan fingerprint density at radius 2 is 2.00 bits per heavy atom. The normalized spacial score (nSPS) is 16.6. The Bertz CT molecular complexity index is 511. The van der Waals surface area contributed by atoms with Crippen LogP contribution in [0.1, 0.15) is 18.4 Å². The van der Waals surface area contributed by atoms with Gasteiger partial charge in [-0.25, -0.2) is 0 Å². The van der Waals surface area contributed by atoms with Gasteiger partial charge in [0.05, 0.1) is 5.56 Å². The van der Waals surface area contributed by atoms with Crippen LogP contribution in [0.5, 0.6) is 5.75 Å². The number of halogens is 3. The van der Waals surface area contributed by atoms with Crippen molar-refractivity contribution >= 4 is 5.91 Å². The first kappa shape index (κ1) is 16.6. The third-order valence-corrected chi connectivity index (χ3v) is 3.53. The Balaban J connectivity index is 1.90. The van der Waals surface area contributed by atoms with Gasteiger partial charge in [-0.15, -0.1) is 0 Å². The molecular formula is C15H18F3NO3. The number of piperidine rings is 1. The van der Waals surface area contributed by atoms with Crippen molar-refractivity contribution in [1.29, 1.82) is 0 Å². The second-order valence-electron chi connectivity index (χ2n) is 5.16. The number of nitrogens with zero attached hydrogens (tertiary/aromatic N) is 1. The van der Waals surface area contributed by atoms with Crippen molar-refractivity contribution in [2.24, 2.45) is 0 Å². The molecule has 7 heteroatoms. The van der Waals surface area contributed by atoms with Gasteiger partial charge in [0.2, 0.25) is 5.91 Å². The summed E-state index contributed by atoms with van der Waals surface area (Å²) in [5.74, 6) is 0.122. The molecule has 22 heavy (non-hydrogen) atoms. The quantitative estimate of drug-likeness (QED) is 0.857. The molecule has 0 aromatic heterocycles. The lowest BCUT2D eigenvalue weighted by atomic mass is 10.1. The van der Waals surface area contributed by atoms with Gasteiger partial charge in [0.25, 0.3) is 0 Å². The van der Waals surface area contributed by atoms with Crippen LogP contribution in [0.4, 0.5) is 13.2 Å². The Morgan fingerprint density at radius 1 is 1.32 bits per heavy atom. The molecule has 0 spiro atoms. The topological polar surface area (TPSA) is 38.8 Å². The van der Waals surface area contributed by atoms with Crippen LogP contribution in [0.15, 0.2) is 24.3 Å². The van der Waals surface area contributed by atoms with Gasteiger partial charge in [0.1, 0.15) is 18.5 Å². The van der Waals surface area contributed by atoms with Gasteiger partial charge in [-0.3, -0.25) is 4.79 Å². The summed E-state index contributed by atoms with van der Waals surface area (Å²) in [4.78, 5) is 13.3. The molecule has 4 nitrogen and oxygen atoms in total. The Morgan fingerprint density at radius 3 is 2.59 bits per heavy atom. The van der Waals surface area contributed by atoms with Crippen molar-refractivity contribution in [3.8, 4) is 5.75 Å². The predicted molar refractivity (Wildman–Crippen MR) is 73.6 cm³/mol. The van der Waals surface area contributed by atoms with E-state index in [0.717, 1.165) is 12.1 Å². The summed E-state index contributed by atoms with van der Waals surface area (Å²) in [5, 5.41) is 0. The van der Waals surface area contributed by atoms with Crippen molar-refractivity contribution in [1.82, 2.24) is 4.90 Å². The molecule has 2 rings (SSSR count). The minimum Gasteiger partial charge on any atom is -0.490 e. The Hall–Kier alpha value is -1.76. The highest BCUT2D eigenvalue weighted by atomic mass is 19.4. The SMILES string of the molecule is COCC(=O)N1CCC(Oc2cccc(C(F)(F)F)c2)CC1. The summed E-state index contributed by atoms with van der Waals surface area (Å²) in [6.07, 6.45) is -3.39. The van der Waals surface area contributed by atoms with Crippen LogP contribution in [0, 0.1) is 0 Å². The number of benzene rings is 1. The second-order valence-corrected chi connectivity index (χ2v) is 5.16. The van der Waals surface area contributed by atoms with Gasteiger partial charge in [0, 0.05) is 33.0 Å². The van der Waals surface area contributed by atoms with Crippen LogP contribution in [-0.2, 0) is 15.7 Å². The molecular weight excluding hydrogens is 299 g/mol. The van der Waals surface area contributed by atoms with E-state index in [9.17, 15) is 18.0 Å². The van der Waals surface area contributed by atoms with E-state index >= 15 is 0 Å². The first-order chi connectivity index (χ1) is 10.4. The van der Waals surface area contributed by atoms with Crippen LogP contribution >= 0.6 is 0 Å². The van der Waals surface area contributed by atoms with E-state index in [1.165, 1.54) is 19.2 Å². The standard InChI is InChI=1S/C15H18F3NO3/c1-21-10-14(20)19-7-5-12(6-8-19)22-13-4-2-3-11(9-13)15(16,17)18/h2-4,9,12H,5-8,10H2,1H3. The summed E-state index contributed by atoms with van der Waals surface area (Å²) in [7, 11) is 1.46. The van der Waals surface area contributed by atoms with Crippen molar-refractivity contribution in [2.75, 3.05) is 26.8 Å². The van der Waals surface area contributed by atoms with Crippen LogP contribution in [0.25, 0.3) is 0 Å². The summed E-state index contributed by atoms with van der Waals surface area (Å²) >= 11 is 0. The largest absolute Gasteiger partial charge is 0.490 e. The van der Waals surface area contributed by atoms with E-state index in [2.05, 4.69) is 0 Å². The van der Waals surface area contributed by atoms with Gasteiger partial charge in [-0.2, -0.15) is 13.2 Å². The van der Waals surface area contributed by atoms with E-state index in [0.29, 0.717) is 25.9 Å². The fraction of sp³-hybridized carbons (Fsp3) is 0.533. The second kappa shape index (κ2) is 7.00. The molecule has 0 radical (unpaired) electrons. The minimum absolute atomic E-state index is 0.0408. The van der Waals surface area contributed by atoms with Gasteiger partial charge >= 0.3 is 6.18 Å². The maximum atomic E-state index is 12.6. The number of amides is 1. The fourth-order valence-electron chi connectivity index (χ4n) is 2.38. The molecule has 1 aliphatic heterocycles. The zero-order valence-electron chi connectivity index (χ0n) is 12.2. The van der Waals surface area contributed by atoms with Crippen molar-refractivity contribution in [2.45, 2.75) is 25.1 Å². The summed E-state index contributed by atoms with van der Waals surface area (Å²) in [5.41, 5.74) is -0.724. The highest BCUT2D eigenvalue weighted by molar-refractivity contribution is 5.77. The molecule has 1 aliphatic rings. The summed E-state index contributed by atoms with van der Waals surface area (Å²) < 4.78 is 48.3. The third-order valence-electron chi connectivity index (χ3n) is 3.53. The molecule has 1 saturated heterocycles. The number of methoxy groups -OCH3 is 1. The number of alkyl halides is 3. The van der Waals surface area contributed by atoms with Crippen LogP contribution < -0.4 is 4.74 Å². The number of carbonyl (C=O) groups excluding carboxylic acids is 1. The number of ether oxygens (including phenoxy) is 2. The van der Waals surface area contributed by atoms with Crippen molar-refractivity contribution < 1.29 is 27.4 Å². The first-order valence-corrected chi connectivity index (χ1v) is 7.01. The van der Waals surface area contributed by atoms with Gasteiger partial charge in [-0.05, 0) is 18.2 Å². The predicted octanol–water partition coefficient (Wildman–Crippen LogP) is 2.72. The van der Waals surface area contributed by atoms with Crippen molar-refractivity contribution in [3.63, 3.8) is 0 Å². The third kappa shape index (κ3) is 4.37. The fourth-order valence-corrected chi connectivity index (χ4v) is 2.38. The van der Waals surface area contributed by atoms with Gasteiger partial charge in [-0.1, -0.05) is 6.07 Å². The highest BCUT2D eigenvalue weighted by Crippen LogP contribution is 2.32. The molecule has 0 N–H and O–H groups in total. The molecule has 1 aromatic rings. The molecule has 1 fully saturated rings. The molecule has 1 amide bonds. The van der Waals surface area contributed by atoms with Crippen LogP contribution in [0.3, 0.4) is 0 Å². The molecule has 0 aliphatic carbocycles. The average molecular weight is 317 g/mol. The zero-order chi connectivity index (χ0) is 16.2. The van der Waals surface area contributed by atoms with Gasteiger partial charge in [0.15, 0.2) is 0 Å². The summed E-state index contributed by atoms with van der Waals surface area (Å²) in [6, 6.07) is 4.86. The smallest absolute Gasteiger partial charge is 0.416 e. The van der Waals surface area contributed by atoms with Crippen molar-refractivity contribution in [3.05, 3.63) is 29.8 Å². The molecule has 1 aromatic carbocycles. The maximum absolute atomic E-state index is 12.6. The van der Waals surface area contributed by atoms with E-state index < -0.39 is 11.7 Å². The van der Waals surface area contributed by atoms with E-state index in [-0.39, 0.29) is 24.4 Å². The number of likely N-dealkylation sites (tertiary alicyclic amines) is 1.